The van der Waals surface area contributed by atoms with E-state index in [0.717, 1.165) is 12.1 Å². The molecular formula is C20H20Cl2F2N2O2S. The van der Waals surface area contributed by atoms with Crippen LogP contribution in [-0.2, 0) is 11.3 Å². The first-order chi connectivity index (χ1) is 13.7. The van der Waals surface area contributed by atoms with Gasteiger partial charge in [-0.2, -0.15) is 11.8 Å². The first kappa shape index (κ1) is 23.4. The quantitative estimate of drug-likeness (QED) is 0.616. The van der Waals surface area contributed by atoms with Gasteiger partial charge in [0, 0.05) is 18.6 Å². The zero-order valence-corrected chi connectivity index (χ0v) is 18.2. The molecule has 0 bridgehead atoms. The summed E-state index contributed by atoms with van der Waals surface area (Å²) in [5, 5.41) is 3.29. The number of carbonyl (C=O) groups is 2. The second-order valence-electron chi connectivity index (χ2n) is 6.37. The van der Waals surface area contributed by atoms with Gasteiger partial charge < -0.3 is 10.2 Å². The lowest BCUT2D eigenvalue weighted by Crippen LogP contribution is -2.47. The van der Waals surface area contributed by atoms with Crippen LogP contribution in [0.3, 0.4) is 0 Å². The Morgan fingerprint density at radius 3 is 2.48 bits per heavy atom. The van der Waals surface area contributed by atoms with Crippen molar-refractivity contribution in [2.75, 3.05) is 19.1 Å². The fourth-order valence-electron chi connectivity index (χ4n) is 2.66. The lowest BCUT2D eigenvalue weighted by molar-refractivity contribution is -0.132. The van der Waals surface area contributed by atoms with Crippen LogP contribution in [-0.4, -0.2) is 41.8 Å². The number of halogens is 4. The van der Waals surface area contributed by atoms with E-state index in [4.69, 9.17) is 23.2 Å². The molecule has 0 heterocycles. The number of benzene rings is 2. The monoisotopic (exact) mass is 460 g/mol. The Bertz CT molecular complexity index is 899. The van der Waals surface area contributed by atoms with E-state index in [2.05, 4.69) is 5.32 Å². The molecule has 9 heteroatoms. The summed E-state index contributed by atoms with van der Waals surface area (Å²) in [5.74, 6) is -2.13. The number of nitrogens with one attached hydrogen (secondary N) is 1. The molecule has 4 nitrogen and oxygen atoms in total. The Morgan fingerprint density at radius 1 is 1.14 bits per heavy atom. The van der Waals surface area contributed by atoms with Gasteiger partial charge in [0.05, 0.1) is 10.6 Å². The normalized spacial score (nSPS) is 11.8. The minimum atomic E-state index is -0.979. The van der Waals surface area contributed by atoms with E-state index in [1.165, 1.54) is 48.0 Å². The Balaban J connectivity index is 2.13. The Kier molecular flexibility index (Phi) is 8.74. The first-order valence-electron chi connectivity index (χ1n) is 8.66. The maximum atomic E-state index is 13.4. The third-order valence-electron chi connectivity index (χ3n) is 4.17. The van der Waals surface area contributed by atoms with Crippen molar-refractivity contribution in [2.24, 2.45) is 0 Å². The molecule has 2 aromatic carbocycles. The fraction of sp³-hybridized carbons (Fsp3) is 0.300. The Morgan fingerprint density at radius 2 is 1.86 bits per heavy atom. The lowest BCUT2D eigenvalue weighted by Gasteiger charge is -2.25. The number of carbonyl (C=O) groups excluding carboxylic acids is 2. The Hall–Kier alpha value is -1.83. The second-order valence-corrected chi connectivity index (χ2v) is 8.20. The third kappa shape index (κ3) is 6.59. The summed E-state index contributed by atoms with van der Waals surface area (Å²) in [7, 11) is 1.54. The molecule has 0 aliphatic carbocycles. The van der Waals surface area contributed by atoms with E-state index in [1.54, 1.807) is 0 Å². The van der Waals surface area contributed by atoms with Crippen LogP contribution in [0.1, 0.15) is 22.3 Å². The van der Waals surface area contributed by atoms with Crippen molar-refractivity contribution in [2.45, 2.75) is 19.0 Å². The average Bonchev–Trinajstić information content (AvgIpc) is 2.67. The van der Waals surface area contributed by atoms with Gasteiger partial charge in [-0.1, -0.05) is 29.3 Å². The largest absolute Gasteiger partial charge is 0.340 e. The summed E-state index contributed by atoms with van der Waals surface area (Å²) >= 11 is 13.5. The maximum absolute atomic E-state index is 13.4. The minimum Gasteiger partial charge on any atom is -0.340 e. The number of nitrogens with zero attached hydrogens (tertiary/aromatic N) is 1. The molecule has 1 atom stereocenters. The molecule has 0 saturated carbocycles. The summed E-state index contributed by atoms with van der Waals surface area (Å²) in [6.07, 6.45) is 2.30. The zero-order chi connectivity index (χ0) is 21.6. The lowest BCUT2D eigenvalue weighted by atomic mass is 10.1. The molecule has 0 aromatic heterocycles. The van der Waals surface area contributed by atoms with Gasteiger partial charge in [0.15, 0.2) is 11.6 Å². The topological polar surface area (TPSA) is 49.4 Å². The van der Waals surface area contributed by atoms with Crippen LogP contribution in [0.2, 0.25) is 10.0 Å². The Labute approximate surface area is 182 Å². The van der Waals surface area contributed by atoms with Crippen LogP contribution in [0.4, 0.5) is 8.78 Å². The highest BCUT2D eigenvalue weighted by Crippen LogP contribution is 2.21. The summed E-state index contributed by atoms with van der Waals surface area (Å²) < 4.78 is 26.5. The predicted octanol–water partition coefficient (Wildman–Crippen LogP) is 4.78. The average molecular weight is 461 g/mol. The van der Waals surface area contributed by atoms with E-state index in [1.807, 2.05) is 6.26 Å². The van der Waals surface area contributed by atoms with E-state index in [9.17, 15) is 18.4 Å². The molecule has 29 heavy (non-hydrogen) atoms. The van der Waals surface area contributed by atoms with Crippen molar-refractivity contribution < 1.29 is 18.4 Å². The summed E-state index contributed by atoms with van der Waals surface area (Å²) in [6.45, 7) is 0.0728. The number of rotatable bonds is 8. The van der Waals surface area contributed by atoms with Gasteiger partial charge in [0.25, 0.3) is 5.91 Å². The third-order valence-corrected chi connectivity index (χ3v) is 5.36. The number of likely N-dealkylation sites (N-methyl/N-ethyl adjacent to an activating group) is 1. The summed E-state index contributed by atoms with van der Waals surface area (Å²) in [5.41, 5.74) is 0.650. The smallest absolute Gasteiger partial charge is 0.253 e. The van der Waals surface area contributed by atoms with Crippen molar-refractivity contribution in [1.29, 1.82) is 0 Å². The van der Waals surface area contributed by atoms with Gasteiger partial charge in [0.1, 0.15) is 6.04 Å². The van der Waals surface area contributed by atoms with Crippen molar-refractivity contribution in [1.82, 2.24) is 10.2 Å². The standard InChI is InChI=1S/C20H20Cl2F2N2O2S/c1-26(11-12-3-6-16(23)17(24)9-12)20(28)18(7-8-29-2)25-19(27)14-5-4-13(21)10-15(14)22/h3-6,9-10,18H,7-8,11H2,1-2H3,(H,25,27). The highest BCUT2D eigenvalue weighted by Gasteiger charge is 2.25. The van der Waals surface area contributed by atoms with Crippen molar-refractivity contribution >= 4 is 46.8 Å². The number of amides is 2. The molecule has 2 aromatic rings. The second kappa shape index (κ2) is 10.8. The number of hydrogen-bond acceptors (Lipinski definition) is 3. The van der Waals surface area contributed by atoms with Crippen LogP contribution in [0.5, 0.6) is 0 Å². The molecule has 0 aliphatic rings. The fourth-order valence-corrected chi connectivity index (χ4v) is 3.62. The highest BCUT2D eigenvalue weighted by atomic mass is 35.5. The van der Waals surface area contributed by atoms with Crippen LogP contribution in [0, 0.1) is 11.6 Å². The van der Waals surface area contributed by atoms with E-state index in [0.29, 0.717) is 22.8 Å². The van der Waals surface area contributed by atoms with Gasteiger partial charge in [-0.05, 0) is 54.3 Å². The molecule has 0 radical (unpaired) electrons. The molecule has 0 aliphatic heterocycles. The number of hydrogen-bond donors (Lipinski definition) is 1. The molecule has 0 spiro atoms. The summed E-state index contributed by atoms with van der Waals surface area (Å²) in [6, 6.07) is 7.15. The molecule has 1 N–H and O–H groups in total. The summed E-state index contributed by atoms with van der Waals surface area (Å²) in [4.78, 5) is 26.9. The molecule has 1 unspecified atom stereocenters. The van der Waals surface area contributed by atoms with Gasteiger partial charge in [-0.15, -0.1) is 0 Å². The molecular weight excluding hydrogens is 441 g/mol. The molecule has 2 rings (SSSR count). The first-order valence-corrected chi connectivity index (χ1v) is 10.8. The number of thioether (sulfide) groups is 1. The van der Waals surface area contributed by atoms with Crippen molar-refractivity contribution in [3.63, 3.8) is 0 Å². The van der Waals surface area contributed by atoms with Gasteiger partial charge >= 0.3 is 0 Å². The molecule has 156 valence electrons. The minimum absolute atomic E-state index is 0.0728. The molecule has 0 fully saturated rings. The van der Waals surface area contributed by atoms with Crippen LogP contribution < -0.4 is 5.32 Å². The van der Waals surface area contributed by atoms with E-state index < -0.39 is 23.6 Å². The highest BCUT2D eigenvalue weighted by molar-refractivity contribution is 7.98. The van der Waals surface area contributed by atoms with Crippen LogP contribution in [0.25, 0.3) is 0 Å². The van der Waals surface area contributed by atoms with Crippen molar-refractivity contribution in [3.8, 4) is 0 Å². The predicted molar refractivity (Wildman–Crippen MR) is 114 cm³/mol. The molecule has 2 amide bonds. The SMILES string of the molecule is CSCCC(NC(=O)c1ccc(Cl)cc1Cl)C(=O)N(C)Cc1ccc(F)c(F)c1. The van der Waals surface area contributed by atoms with Crippen LogP contribution in [0.15, 0.2) is 36.4 Å². The molecule has 0 saturated heterocycles. The van der Waals surface area contributed by atoms with E-state index >= 15 is 0 Å². The van der Waals surface area contributed by atoms with Crippen molar-refractivity contribution in [3.05, 3.63) is 69.2 Å². The van der Waals surface area contributed by atoms with Crippen LogP contribution >= 0.6 is 35.0 Å². The van der Waals surface area contributed by atoms with Gasteiger partial charge in [0.2, 0.25) is 5.91 Å². The van der Waals surface area contributed by atoms with Gasteiger partial charge in [-0.3, -0.25) is 9.59 Å². The maximum Gasteiger partial charge on any atom is 0.253 e. The zero-order valence-electron chi connectivity index (χ0n) is 15.8. The van der Waals surface area contributed by atoms with Gasteiger partial charge in [-0.25, -0.2) is 8.78 Å². The van der Waals surface area contributed by atoms with E-state index in [-0.39, 0.29) is 23.0 Å².